The quantitative estimate of drug-likeness (QED) is 0.705. The van der Waals surface area contributed by atoms with Gasteiger partial charge in [0.25, 0.3) is 0 Å². The summed E-state index contributed by atoms with van der Waals surface area (Å²) in [5.74, 6) is 0.471. The second kappa shape index (κ2) is 5.93. The Morgan fingerprint density at radius 1 is 1.40 bits per heavy atom. The lowest BCUT2D eigenvalue weighted by molar-refractivity contribution is 0.281. The zero-order valence-electron chi connectivity index (χ0n) is 9.69. The highest BCUT2D eigenvalue weighted by Gasteiger charge is 2.11. The van der Waals surface area contributed by atoms with Crippen molar-refractivity contribution in [3.63, 3.8) is 0 Å². The van der Waals surface area contributed by atoms with Gasteiger partial charge in [-0.15, -0.1) is 0 Å². The molecule has 3 N–H and O–H groups in total. The number of aliphatic hydroxyl groups is 1. The molecule has 1 heterocycles. The summed E-state index contributed by atoms with van der Waals surface area (Å²) < 4.78 is 2.15. The molecule has 3 heteroatoms. The van der Waals surface area contributed by atoms with E-state index < -0.39 is 0 Å². The monoisotopic (exact) mass is 210 g/mol. The minimum atomic E-state index is 0.129. The molecule has 0 bridgehead atoms. The fraction of sp³-hybridized carbons (Fsp3) is 0.667. The van der Waals surface area contributed by atoms with E-state index in [2.05, 4.69) is 36.9 Å². The molecular formula is C12H22N2O. The molecule has 1 unspecified atom stereocenters. The molecule has 86 valence electrons. The molecule has 1 rings (SSSR count). The van der Waals surface area contributed by atoms with E-state index in [4.69, 9.17) is 10.8 Å². The average molecular weight is 210 g/mol. The lowest BCUT2D eigenvalue weighted by Crippen LogP contribution is -2.15. The number of hydrogen-bond acceptors (Lipinski definition) is 2. The second-order valence-corrected chi connectivity index (χ2v) is 4.38. The van der Waals surface area contributed by atoms with Crippen LogP contribution in [0.2, 0.25) is 0 Å². The van der Waals surface area contributed by atoms with Crippen LogP contribution in [0.4, 0.5) is 0 Å². The molecule has 1 aromatic rings. The summed E-state index contributed by atoms with van der Waals surface area (Å²) in [5, 5.41) is 8.68. The number of aromatic nitrogens is 1. The molecule has 1 atom stereocenters. The first-order valence-corrected chi connectivity index (χ1v) is 5.67. The van der Waals surface area contributed by atoms with Crippen molar-refractivity contribution in [2.75, 3.05) is 6.61 Å². The van der Waals surface area contributed by atoms with Crippen LogP contribution in [0.25, 0.3) is 0 Å². The Labute approximate surface area is 91.9 Å². The van der Waals surface area contributed by atoms with E-state index in [0.29, 0.717) is 5.92 Å². The van der Waals surface area contributed by atoms with Crippen molar-refractivity contribution in [2.24, 2.45) is 11.7 Å². The van der Waals surface area contributed by atoms with E-state index >= 15 is 0 Å². The zero-order valence-corrected chi connectivity index (χ0v) is 9.69. The summed E-state index contributed by atoms with van der Waals surface area (Å²) in [5.41, 5.74) is 7.26. The van der Waals surface area contributed by atoms with Crippen molar-refractivity contribution >= 4 is 0 Å². The molecule has 0 saturated carbocycles. The Morgan fingerprint density at radius 2 is 2.13 bits per heavy atom. The van der Waals surface area contributed by atoms with Crippen LogP contribution < -0.4 is 5.73 Å². The number of nitrogens with two attached hydrogens (primary N) is 1. The molecule has 0 spiro atoms. The first kappa shape index (κ1) is 12.3. The van der Waals surface area contributed by atoms with Crippen LogP contribution in [-0.4, -0.2) is 16.3 Å². The smallest absolute Gasteiger partial charge is 0.0431 e. The van der Waals surface area contributed by atoms with E-state index in [-0.39, 0.29) is 12.6 Å². The van der Waals surface area contributed by atoms with Crippen molar-refractivity contribution in [3.05, 3.63) is 24.0 Å². The van der Waals surface area contributed by atoms with Gasteiger partial charge in [-0.25, -0.2) is 0 Å². The lowest BCUT2D eigenvalue weighted by atomic mass is 10.00. The molecule has 15 heavy (non-hydrogen) atoms. The van der Waals surface area contributed by atoms with E-state index in [1.165, 1.54) is 5.56 Å². The SMILES string of the molecule is CC(C)C(N)c1ccn(CCCCO)c1. The van der Waals surface area contributed by atoms with Crippen molar-refractivity contribution in [1.82, 2.24) is 4.57 Å². The molecule has 3 nitrogen and oxygen atoms in total. The van der Waals surface area contributed by atoms with Crippen molar-refractivity contribution in [3.8, 4) is 0 Å². The molecule has 0 aliphatic carbocycles. The van der Waals surface area contributed by atoms with Gasteiger partial charge in [0.2, 0.25) is 0 Å². The number of rotatable bonds is 6. The predicted octanol–water partition coefficient (Wildman–Crippen LogP) is 1.92. The molecule has 0 radical (unpaired) electrons. The maximum atomic E-state index is 8.68. The summed E-state index contributed by atoms with van der Waals surface area (Å²) in [4.78, 5) is 0. The third kappa shape index (κ3) is 3.68. The second-order valence-electron chi connectivity index (χ2n) is 4.38. The Bertz CT molecular complexity index is 281. The summed E-state index contributed by atoms with van der Waals surface area (Å²) in [6, 6.07) is 2.22. The molecule has 0 saturated heterocycles. The Morgan fingerprint density at radius 3 is 2.73 bits per heavy atom. The first-order chi connectivity index (χ1) is 7.15. The van der Waals surface area contributed by atoms with Gasteiger partial charge < -0.3 is 15.4 Å². The highest BCUT2D eigenvalue weighted by atomic mass is 16.2. The van der Waals surface area contributed by atoms with Crippen LogP contribution in [0.15, 0.2) is 18.5 Å². The standard InChI is InChI=1S/C12H22N2O/c1-10(2)12(13)11-5-7-14(9-11)6-3-4-8-15/h5,7,9-10,12,15H,3-4,6,8,13H2,1-2H3. The molecule has 0 amide bonds. The van der Waals surface area contributed by atoms with Gasteiger partial charge in [0.1, 0.15) is 0 Å². The van der Waals surface area contributed by atoms with Crippen LogP contribution in [0, 0.1) is 5.92 Å². The van der Waals surface area contributed by atoms with Gasteiger partial charge >= 0.3 is 0 Å². The van der Waals surface area contributed by atoms with Crippen LogP contribution in [0.3, 0.4) is 0 Å². The van der Waals surface area contributed by atoms with Crippen molar-refractivity contribution in [1.29, 1.82) is 0 Å². The van der Waals surface area contributed by atoms with E-state index in [1.54, 1.807) is 0 Å². The summed E-state index contributed by atoms with van der Waals surface area (Å²) >= 11 is 0. The Hall–Kier alpha value is -0.800. The number of nitrogens with zero attached hydrogens (tertiary/aromatic N) is 1. The number of aryl methyl sites for hydroxylation is 1. The fourth-order valence-electron chi connectivity index (χ4n) is 1.59. The fourth-order valence-corrected chi connectivity index (χ4v) is 1.59. The summed E-state index contributed by atoms with van der Waals surface area (Å²) in [6.45, 7) is 5.51. The highest BCUT2D eigenvalue weighted by Crippen LogP contribution is 2.18. The molecule has 0 fully saturated rings. The van der Waals surface area contributed by atoms with E-state index in [1.807, 2.05) is 0 Å². The third-order valence-electron chi connectivity index (χ3n) is 2.70. The third-order valence-corrected chi connectivity index (χ3v) is 2.70. The predicted molar refractivity (Wildman–Crippen MR) is 62.5 cm³/mol. The summed E-state index contributed by atoms with van der Waals surface area (Å²) in [6.07, 6.45) is 6.06. The van der Waals surface area contributed by atoms with Gasteiger partial charge in [0.15, 0.2) is 0 Å². The van der Waals surface area contributed by atoms with Gasteiger partial charge in [-0.05, 0) is 30.4 Å². The molecular weight excluding hydrogens is 188 g/mol. The van der Waals surface area contributed by atoms with Crippen LogP contribution in [0.1, 0.15) is 38.3 Å². The molecule has 1 aromatic heterocycles. The Balaban J connectivity index is 2.48. The van der Waals surface area contributed by atoms with E-state index in [9.17, 15) is 0 Å². The van der Waals surface area contributed by atoms with Crippen LogP contribution in [-0.2, 0) is 6.54 Å². The molecule has 0 aliphatic heterocycles. The molecule has 0 aliphatic rings. The van der Waals surface area contributed by atoms with Gasteiger partial charge in [0, 0.05) is 31.6 Å². The molecule has 0 aromatic carbocycles. The minimum absolute atomic E-state index is 0.129. The normalized spacial score (nSPS) is 13.4. The van der Waals surface area contributed by atoms with E-state index in [0.717, 1.165) is 19.4 Å². The van der Waals surface area contributed by atoms with Gasteiger partial charge in [-0.1, -0.05) is 13.8 Å². The minimum Gasteiger partial charge on any atom is -0.396 e. The maximum Gasteiger partial charge on any atom is 0.0431 e. The Kier molecular flexibility index (Phi) is 4.85. The van der Waals surface area contributed by atoms with Crippen LogP contribution in [0.5, 0.6) is 0 Å². The van der Waals surface area contributed by atoms with Gasteiger partial charge in [-0.3, -0.25) is 0 Å². The largest absolute Gasteiger partial charge is 0.396 e. The average Bonchev–Trinajstić information content (AvgIpc) is 2.65. The number of unbranched alkanes of at least 4 members (excludes halogenated alkanes) is 1. The van der Waals surface area contributed by atoms with Gasteiger partial charge in [-0.2, -0.15) is 0 Å². The summed E-state index contributed by atoms with van der Waals surface area (Å²) in [7, 11) is 0. The van der Waals surface area contributed by atoms with Crippen LogP contribution >= 0.6 is 0 Å². The highest BCUT2D eigenvalue weighted by molar-refractivity contribution is 5.15. The number of hydrogen-bond donors (Lipinski definition) is 2. The first-order valence-electron chi connectivity index (χ1n) is 5.67. The lowest BCUT2D eigenvalue weighted by Gasteiger charge is -2.13. The zero-order chi connectivity index (χ0) is 11.3. The van der Waals surface area contributed by atoms with Crippen molar-refractivity contribution in [2.45, 2.75) is 39.3 Å². The van der Waals surface area contributed by atoms with Gasteiger partial charge in [0.05, 0.1) is 0 Å². The maximum absolute atomic E-state index is 8.68. The topological polar surface area (TPSA) is 51.2 Å². The number of aliphatic hydroxyl groups excluding tert-OH is 1. The van der Waals surface area contributed by atoms with Crippen molar-refractivity contribution < 1.29 is 5.11 Å².